The number of ether oxygens (including phenoxy) is 1. The molecule has 1 amide bonds. The van der Waals surface area contributed by atoms with Crippen LogP contribution >= 0.6 is 0 Å². The number of pyridine rings is 1. The molecule has 162 valence electrons. The second-order valence-electron chi connectivity index (χ2n) is 8.57. The third-order valence-corrected chi connectivity index (χ3v) is 6.29. The van der Waals surface area contributed by atoms with E-state index in [0.29, 0.717) is 12.5 Å². The van der Waals surface area contributed by atoms with E-state index in [0.717, 1.165) is 79.3 Å². The molecule has 2 aliphatic rings. The minimum absolute atomic E-state index is 0.102. The molecule has 7 heteroatoms. The fraction of sp³-hybridized carbons (Fsp3) is 0.458. The number of aryl methyl sites for hydroxylation is 2. The lowest BCUT2D eigenvalue weighted by atomic mass is 10.1. The highest BCUT2D eigenvalue weighted by molar-refractivity contribution is 6.06. The van der Waals surface area contributed by atoms with Crippen molar-refractivity contribution in [1.82, 2.24) is 24.6 Å². The van der Waals surface area contributed by atoms with Gasteiger partial charge in [-0.25, -0.2) is 4.98 Å². The lowest BCUT2D eigenvalue weighted by Gasteiger charge is -2.34. The van der Waals surface area contributed by atoms with Crippen LogP contribution in [0, 0.1) is 6.92 Å². The highest BCUT2D eigenvalue weighted by atomic mass is 16.5. The zero-order valence-corrected chi connectivity index (χ0v) is 18.3. The maximum absolute atomic E-state index is 13.5. The van der Waals surface area contributed by atoms with Crippen molar-refractivity contribution in [3.8, 4) is 5.75 Å². The molecule has 0 unspecified atom stereocenters. The van der Waals surface area contributed by atoms with Gasteiger partial charge in [-0.3, -0.25) is 14.4 Å². The second-order valence-corrected chi connectivity index (χ2v) is 8.57. The number of hydrogen-bond donors (Lipinski definition) is 0. The molecule has 0 bridgehead atoms. The maximum atomic E-state index is 13.5. The number of fused-ring (bicyclic) bond motifs is 1. The highest BCUT2D eigenvalue weighted by Gasteiger charge is 2.30. The van der Waals surface area contributed by atoms with Crippen LogP contribution in [-0.4, -0.2) is 69.8 Å². The van der Waals surface area contributed by atoms with E-state index in [1.54, 1.807) is 4.68 Å². The zero-order valence-electron chi connectivity index (χ0n) is 18.3. The smallest absolute Gasteiger partial charge is 0.254 e. The van der Waals surface area contributed by atoms with Crippen molar-refractivity contribution in [2.45, 2.75) is 25.7 Å². The van der Waals surface area contributed by atoms with Gasteiger partial charge in [0.15, 0.2) is 5.65 Å². The van der Waals surface area contributed by atoms with Gasteiger partial charge in [0.2, 0.25) is 0 Å². The molecule has 0 N–H and O–H groups in total. The lowest BCUT2D eigenvalue weighted by Crippen LogP contribution is -2.49. The number of carbonyl (C=O) groups excluding carboxylic acids is 1. The Balaban J connectivity index is 1.25. The van der Waals surface area contributed by atoms with Crippen LogP contribution in [-0.2, 0) is 7.05 Å². The van der Waals surface area contributed by atoms with Crippen molar-refractivity contribution in [2.75, 3.05) is 39.3 Å². The summed E-state index contributed by atoms with van der Waals surface area (Å²) in [4.78, 5) is 22.7. The summed E-state index contributed by atoms with van der Waals surface area (Å²) < 4.78 is 7.62. The Morgan fingerprint density at radius 1 is 1.13 bits per heavy atom. The number of benzene rings is 1. The van der Waals surface area contributed by atoms with E-state index in [4.69, 9.17) is 9.72 Å². The van der Waals surface area contributed by atoms with E-state index < -0.39 is 0 Å². The zero-order chi connectivity index (χ0) is 21.4. The van der Waals surface area contributed by atoms with Crippen LogP contribution in [0.2, 0.25) is 0 Å². The number of aromatic nitrogens is 3. The maximum Gasteiger partial charge on any atom is 0.254 e. The van der Waals surface area contributed by atoms with Crippen molar-refractivity contribution < 1.29 is 9.53 Å². The van der Waals surface area contributed by atoms with Gasteiger partial charge < -0.3 is 9.64 Å². The van der Waals surface area contributed by atoms with Gasteiger partial charge in [0.1, 0.15) is 12.4 Å². The Bertz CT molecular complexity index is 1080. The summed E-state index contributed by atoms with van der Waals surface area (Å²) in [7, 11) is 1.91. The minimum atomic E-state index is 0.102. The molecular weight excluding hydrogens is 390 g/mol. The number of nitrogens with zero attached hydrogens (tertiary/aromatic N) is 5. The summed E-state index contributed by atoms with van der Waals surface area (Å²) in [5, 5.41) is 5.43. The van der Waals surface area contributed by atoms with Gasteiger partial charge in [-0.1, -0.05) is 18.2 Å². The van der Waals surface area contributed by atoms with Gasteiger partial charge >= 0.3 is 0 Å². The summed E-state index contributed by atoms with van der Waals surface area (Å²) in [5.41, 5.74) is 3.49. The average Bonchev–Trinajstić information content (AvgIpc) is 3.60. The summed E-state index contributed by atoms with van der Waals surface area (Å²) in [6, 6.07) is 11.9. The SMILES string of the molecule is Cc1nn(C)c2nc(C3CC3)cc(C(=O)N3CCN(CCOc4ccccc4)CC3)c12. The molecule has 2 fully saturated rings. The van der Waals surface area contributed by atoms with Crippen molar-refractivity contribution in [1.29, 1.82) is 0 Å². The fourth-order valence-corrected chi connectivity index (χ4v) is 4.38. The average molecular weight is 420 g/mol. The molecule has 5 rings (SSSR count). The summed E-state index contributed by atoms with van der Waals surface area (Å²) in [6.07, 6.45) is 2.32. The number of amides is 1. The Morgan fingerprint density at radius 2 is 1.87 bits per heavy atom. The first-order chi connectivity index (χ1) is 15.1. The first-order valence-corrected chi connectivity index (χ1v) is 11.1. The summed E-state index contributed by atoms with van der Waals surface area (Å²) in [6.45, 7) is 6.66. The van der Waals surface area contributed by atoms with Crippen LogP contribution in [0.3, 0.4) is 0 Å². The number of para-hydroxylation sites is 1. The van der Waals surface area contributed by atoms with Crippen LogP contribution in [0.25, 0.3) is 11.0 Å². The first-order valence-electron chi connectivity index (χ1n) is 11.1. The molecule has 3 aromatic rings. The van der Waals surface area contributed by atoms with Crippen LogP contribution in [0.5, 0.6) is 5.75 Å². The fourth-order valence-electron chi connectivity index (χ4n) is 4.38. The van der Waals surface area contributed by atoms with Gasteiger partial charge in [0.25, 0.3) is 5.91 Å². The molecule has 1 saturated heterocycles. The van der Waals surface area contributed by atoms with Gasteiger partial charge in [0, 0.05) is 51.4 Å². The van der Waals surface area contributed by atoms with Gasteiger partial charge in [0.05, 0.1) is 16.6 Å². The van der Waals surface area contributed by atoms with E-state index in [2.05, 4.69) is 10.00 Å². The largest absolute Gasteiger partial charge is 0.492 e. The van der Waals surface area contributed by atoms with Crippen molar-refractivity contribution in [2.24, 2.45) is 7.05 Å². The van der Waals surface area contributed by atoms with Crippen LogP contribution in [0.15, 0.2) is 36.4 Å². The van der Waals surface area contributed by atoms with Crippen LogP contribution in [0.4, 0.5) is 0 Å². The molecule has 7 nitrogen and oxygen atoms in total. The van der Waals surface area contributed by atoms with Crippen LogP contribution in [0.1, 0.15) is 40.5 Å². The quantitative estimate of drug-likeness (QED) is 0.615. The lowest BCUT2D eigenvalue weighted by molar-refractivity contribution is 0.0622. The van der Waals surface area contributed by atoms with E-state index in [1.165, 1.54) is 0 Å². The molecule has 0 spiro atoms. The van der Waals surface area contributed by atoms with E-state index in [9.17, 15) is 4.79 Å². The normalized spacial score (nSPS) is 17.3. The predicted octanol–water partition coefficient (Wildman–Crippen LogP) is 2.99. The van der Waals surface area contributed by atoms with Crippen molar-refractivity contribution in [3.05, 3.63) is 53.3 Å². The Hall–Kier alpha value is -2.93. The van der Waals surface area contributed by atoms with E-state index in [1.807, 2.05) is 55.3 Å². The van der Waals surface area contributed by atoms with Gasteiger partial charge in [-0.15, -0.1) is 0 Å². The Labute approximate surface area is 182 Å². The molecule has 0 atom stereocenters. The molecule has 1 aliphatic carbocycles. The van der Waals surface area contributed by atoms with Gasteiger partial charge in [-0.2, -0.15) is 5.10 Å². The number of piperazine rings is 1. The van der Waals surface area contributed by atoms with E-state index in [-0.39, 0.29) is 5.91 Å². The molecular formula is C24H29N5O2. The minimum Gasteiger partial charge on any atom is -0.492 e. The topological polar surface area (TPSA) is 63.5 Å². The molecule has 0 radical (unpaired) electrons. The standard InChI is InChI=1S/C24H29N5O2/c1-17-22-20(16-21(18-8-9-18)25-23(22)27(2)26-17)24(30)29-12-10-28(11-13-29)14-15-31-19-6-4-3-5-7-19/h3-7,16,18H,8-15H2,1-2H3. The molecule has 3 heterocycles. The Morgan fingerprint density at radius 3 is 2.58 bits per heavy atom. The third-order valence-electron chi connectivity index (χ3n) is 6.29. The monoisotopic (exact) mass is 419 g/mol. The first kappa shape index (κ1) is 20.0. The highest BCUT2D eigenvalue weighted by Crippen LogP contribution is 2.40. The summed E-state index contributed by atoms with van der Waals surface area (Å²) >= 11 is 0. The third kappa shape index (κ3) is 4.14. The van der Waals surface area contributed by atoms with Crippen molar-refractivity contribution in [3.63, 3.8) is 0 Å². The number of hydrogen-bond acceptors (Lipinski definition) is 5. The molecule has 1 aromatic carbocycles. The molecule has 1 saturated carbocycles. The van der Waals surface area contributed by atoms with E-state index >= 15 is 0 Å². The number of rotatable bonds is 6. The summed E-state index contributed by atoms with van der Waals surface area (Å²) in [5.74, 6) is 1.49. The molecule has 2 aromatic heterocycles. The number of carbonyl (C=O) groups is 1. The van der Waals surface area contributed by atoms with Crippen molar-refractivity contribution >= 4 is 16.9 Å². The van der Waals surface area contributed by atoms with Gasteiger partial charge in [-0.05, 0) is 38.0 Å². The Kier molecular flexibility index (Phi) is 5.36. The predicted molar refractivity (Wildman–Crippen MR) is 120 cm³/mol. The second kappa shape index (κ2) is 8.30. The molecule has 1 aliphatic heterocycles. The van der Waals surface area contributed by atoms with Crippen LogP contribution < -0.4 is 4.74 Å². The molecule has 31 heavy (non-hydrogen) atoms.